The molecule has 5 nitrogen and oxygen atoms in total. The highest BCUT2D eigenvalue weighted by atomic mass is 16.3. The fourth-order valence-electron chi connectivity index (χ4n) is 2.37. The maximum absolute atomic E-state index is 11.7. The third-order valence-corrected chi connectivity index (χ3v) is 3.52. The Morgan fingerprint density at radius 2 is 1.79 bits per heavy atom. The molecule has 0 aromatic rings. The normalized spacial score (nSPS) is 17.0. The zero-order valence-electron chi connectivity index (χ0n) is 12.0. The summed E-state index contributed by atoms with van der Waals surface area (Å²) in [5, 5.41) is 14.3. The number of aliphatic hydroxyl groups is 1. The minimum absolute atomic E-state index is 0.0189. The number of carbonyl (C=O) groups excluding carboxylic acids is 2. The summed E-state index contributed by atoms with van der Waals surface area (Å²) in [6, 6.07) is 0. The summed E-state index contributed by atoms with van der Waals surface area (Å²) in [6.07, 6.45) is 6.47. The summed E-state index contributed by atoms with van der Waals surface area (Å²) in [7, 11) is 0. The van der Waals surface area contributed by atoms with Crippen molar-refractivity contribution in [3.8, 4) is 0 Å². The second kappa shape index (κ2) is 7.48. The van der Waals surface area contributed by atoms with Crippen LogP contribution in [0, 0.1) is 5.92 Å². The van der Waals surface area contributed by atoms with Crippen LogP contribution in [0.1, 0.15) is 52.4 Å². The Labute approximate surface area is 115 Å². The number of amides is 2. The van der Waals surface area contributed by atoms with Crippen LogP contribution in [0.2, 0.25) is 0 Å². The van der Waals surface area contributed by atoms with Crippen molar-refractivity contribution in [1.29, 1.82) is 0 Å². The van der Waals surface area contributed by atoms with Crippen molar-refractivity contribution < 1.29 is 14.7 Å². The van der Waals surface area contributed by atoms with Crippen LogP contribution in [-0.4, -0.2) is 35.6 Å². The van der Waals surface area contributed by atoms with E-state index in [0.717, 1.165) is 12.8 Å². The van der Waals surface area contributed by atoms with Gasteiger partial charge >= 0.3 is 0 Å². The van der Waals surface area contributed by atoms with Gasteiger partial charge < -0.3 is 15.7 Å². The molecule has 3 N–H and O–H groups in total. The molecule has 2 amide bonds. The second-order valence-corrected chi connectivity index (χ2v) is 6.08. The van der Waals surface area contributed by atoms with Gasteiger partial charge in [-0.25, -0.2) is 0 Å². The minimum Gasteiger partial charge on any atom is -0.394 e. The molecule has 0 saturated heterocycles. The summed E-state index contributed by atoms with van der Waals surface area (Å²) < 4.78 is 0. The van der Waals surface area contributed by atoms with Crippen LogP contribution >= 0.6 is 0 Å². The van der Waals surface area contributed by atoms with Gasteiger partial charge in [0.15, 0.2) is 0 Å². The number of rotatable bonds is 6. The fraction of sp³-hybridized carbons (Fsp3) is 0.857. The van der Waals surface area contributed by atoms with Crippen LogP contribution in [0.15, 0.2) is 0 Å². The lowest BCUT2D eigenvalue weighted by molar-refractivity contribution is -0.127. The van der Waals surface area contributed by atoms with Gasteiger partial charge in [0.1, 0.15) is 0 Å². The molecule has 0 radical (unpaired) electrons. The zero-order chi connectivity index (χ0) is 14.3. The average molecular weight is 270 g/mol. The predicted molar refractivity (Wildman–Crippen MR) is 73.5 cm³/mol. The third kappa shape index (κ3) is 6.57. The molecule has 1 rings (SSSR count). The highest BCUT2D eigenvalue weighted by Crippen LogP contribution is 2.25. The SMILES string of the molecule is CC(C)(CO)NC(=O)CNC(=O)CC1CCCCC1. The lowest BCUT2D eigenvalue weighted by atomic mass is 9.87. The van der Waals surface area contributed by atoms with E-state index in [1.807, 2.05) is 0 Å². The second-order valence-electron chi connectivity index (χ2n) is 6.08. The third-order valence-electron chi connectivity index (χ3n) is 3.52. The van der Waals surface area contributed by atoms with Crippen LogP contribution in [0.4, 0.5) is 0 Å². The predicted octanol–water partition coefficient (Wildman–Crippen LogP) is 0.960. The van der Waals surface area contributed by atoms with Crippen molar-refractivity contribution in [3.05, 3.63) is 0 Å². The van der Waals surface area contributed by atoms with E-state index < -0.39 is 5.54 Å². The van der Waals surface area contributed by atoms with E-state index in [2.05, 4.69) is 10.6 Å². The number of hydrogen-bond acceptors (Lipinski definition) is 3. The molecule has 1 saturated carbocycles. The summed E-state index contributed by atoms with van der Waals surface area (Å²) in [4.78, 5) is 23.3. The van der Waals surface area contributed by atoms with Gasteiger partial charge in [-0.1, -0.05) is 19.3 Å². The van der Waals surface area contributed by atoms with Crippen molar-refractivity contribution in [1.82, 2.24) is 10.6 Å². The number of carbonyl (C=O) groups is 2. The summed E-state index contributed by atoms with van der Waals surface area (Å²) >= 11 is 0. The van der Waals surface area contributed by atoms with Crippen molar-refractivity contribution in [2.24, 2.45) is 5.92 Å². The Balaban J connectivity index is 2.20. The molecule has 0 unspecified atom stereocenters. The molecule has 0 atom stereocenters. The molecule has 1 aliphatic carbocycles. The van der Waals surface area contributed by atoms with Gasteiger partial charge in [-0.05, 0) is 32.6 Å². The van der Waals surface area contributed by atoms with Crippen molar-refractivity contribution in [2.75, 3.05) is 13.2 Å². The Morgan fingerprint density at radius 3 is 2.37 bits per heavy atom. The summed E-state index contributed by atoms with van der Waals surface area (Å²) in [5.74, 6) is 0.158. The van der Waals surface area contributed by atoms with Crippen molar-refractivity contribution >= 4 is 11.8 Å². The van der Waals surface area contributed by atoms with Crippen LogP contribution in [0.5, 0.6) is 0 Å². The van der Waals surface area contributed by atoms with Crippen molar-refractivity contribution in [2.45, 2.75) is 57.9 Å². The Bertz CT molecular complexity index is 310. The Hall–Kier alpha value is -1.10. The maximum Gasteiger partial charge on any atom is 0.239 e. The van der Waals surface area contributed by atoms with Gasteiger partial charge in [0.25, 0.3) is 0 Å². The quantitative estimate of drug-likeness (QED) is 0.672. The van der Waals surface area contributed by atoms with Crippen LogP contribution in [0.25, 0.3) is 0 Å². The van der Waals surface area contributed by atoms with Gasteiger partial charge in [-0.2, -0.15) is 0 Å². The van der Waals surface area contributed by atoms with E-state index in [-0.39, 0.29) is 25.0 Å². The van der Waals surface area contributed by atoms with Gasteiger partial charge in [-0.15, -0.1) is 0 Å². The van der Waals surface area contributed by atoms with E-state index in [1.54, 1.807) is 13.8 Å². The van der Waals surface area contributed by atoms with Crippen LogP contribution in [-0.2, 0) is 9.59 Å². The monoisotopic (exact) mass is 270 g/mol. The van der Waals surface area contributed by atoms with E-state index >= 15 is 0 Å². The average Bonchev–Trinajstić information content (AvgIpc) is 2.37. The minimum atomic E-state index is -0.648. The van der Waals surface area contributed by atoms with Crippen LogP contribution in [0.3, 0.4) is 0 Å². The smallest absolute Gasteiger partial charge is 0.239 e. The molecular formula is C14H26N2O3. The fourth-order valence-corrected chi connectivity index (χ4v) is 2.37. The number of nitrogens with one attached hydrogen (secondary N) is 2. The molecule has 0 spiro atoms. The largest absolute Gasteiger partial charge is 0.394 e. The summed E-state index contributed by atoms with van der Waals surface area (Å²) in [5.41, 5.74) is -0.648. The molecule has 1 aliphatic rings. The Morgan fingerprint density at radius 1 is 1.16 bits per heavy atom. The molecule has 0 aliphatic heterocycles. The molecule has 1 fully saturated rings. The van der Waals surface area contributed by atoms with Gasteiger partial charge in [0.2, 0.25) is 11.8 Å². The first-order chi connectivity index (χ1) is 8.93. The van der Waals surface area contributed by atoms with E-state index in [4.69, 9.17) is 5.11 Å². The lowest BCUT2D eigenvalue weighted by Crippen LogP contribution is -2.49. The highest BCUT2D eigenvalue weighted by molar-refractivity contribution is 5.85. The molecular weight excluding hydrogens is 244 g/mol. The molecule has 0 bridgehead atoms. The highest BCUT2D eigenvalue weighted by Gasteiger charge is 2.20. The van der Waals surface area contributed by atoms with Gasteiger partial charge in [0.05, 0.1) is 18.7 Å². The molecule has 110 valence electrons. The van der Waals surface area contributed by atoms with Gasteiger partial charge in [-0.3, -0.25) is 9.59 Å². The molecule has 0 aromatic carbocycles. The lowest BCUT2D eigenvalue weighted by Gasteiger charge is -2.24. The first kappa shape index (κ1) is 16.0. The van der Waals surface area contributed by atoms with E-state index in [9.17, 15) is 9.59 Å². The van der Waals surface area contributed by atoms with E-state index in [0.29, 0.717) is 12.3 Å². The zero-order valence-corrected chi connectivity index (χ0v) is 12.0. The van der Waals surface area contributed by atoms with Crippen molar-refractivity contribution in [3.63, 3.8) is 0 Å². The van der Waals surface area contributed by atoms with Gasteiger partial charge in [0, 0.05) is 6.42 Å². The summed E-state index contributed by atoms with van der Waals surface area (Å²) in [6.45, 7) is 3.31. The topological polar surface area (TPSA) is 78.4 Å². The molecule has 0 heterocycles. The molecule has 19 heavy (non-hydrogen) atoms. The first-order valence-corrected chi connectivity index (χ1v) is 7.11. The number of aliphatic hydroxyl groups excluding tert-OH is 1. The molecule has 5 heteroatoms. The first-order valence-electron chi connectivity index (χ1n) is 7.11. The molecule has 0 aromatic heterocycles. The Kier molecular flexibility index (Phi) is 6.28. The van der Waals surface area contributed by atoms with Crippen LogP contribution < -0.4 is 10.6 Å². The standard InChI is InChI=1S/C14H26N2O3/c1-14(2,10-17)16-13(19)9-15-12(18)8-11-6-4-3-5-7-11/h11,17H,3-10H2,1-2H3,(H,15,18)(H,16,19). The maximum atomic E-state index is 11.7. The number of hydrogen-bond donors (Lipinski definition) is 3. The van der Waals surface area contributed by atoms with E-state index in [1.165, 1.54) is 19.3 Å².